The van der Waals surface area contributed by atoms with Crippen molar-refractivity contribution >= 4 is 56.2 Å². The molecular formula is C19H17BrN6O4S. The number of phenols is 1. The molecule has 12 heteroatoms. The van der Waals surface area contributed by atoms with Crippen LogP contribution in [0.5, 0.6) is 11.5 Å². The third-order valence-electron chi connectivity index (χ3n) is 3.74. The van der Waals surface area contributed by atoms with E-state index in [4.69, 9.17) is 4.74 Å². The summed E-state index contributed by atoms with van der Waals surface area (Å²) in [5.74, 6) is -0.210. The molecule has 2 aromatic carbocycles. The van der Waals surface area contributed by atoms with Gasteiger partial charge in [0.2, 0.25) is 11.0 Å². The molecule has 0 atom stereocenters. The van der Waals surface area contributed by atoms with Crippen LogP contribution in [0.15, 0.2) is 52.0 Å². The van der Waals surface area contributed by atoms with Gasteiger partial charge in [0.1, 0.15) is 5.01 Å². The zero-order valence-corrected chi connectivity index (χ0v) is 18.5. The SMILES string of the molecule is COc1cccc(/C=N\NC(=O)Cc2nnc(NC(=O)Nc3ccc(Br)cc3)s2)c1O. The number of amides is 3. The van der Waals surface area contributed by atoms with Crippen molar-refractivity contribution in [2.75, 3.05) is 17.7 Å². The molecule has 0 saturated carbocycles. The maximum atomic E-state index is 12.0. The number of phenolic OH excluding ortho intramolecular Hbond substituents is 1. The maximum absolute atomic E-state index is 12.0. The number of hydrogen-bond donors (Lipinski definition) is 4. The van der Waals surface area contributed by atoms with Crippen LogP contribution >= 0.6 is 27.3 Å². The topological polar surface area (TPSA) is 138 Å². The molecular weight excluding hydrogens is 488 g/mol. The summed E-state index contributed by atoms with van der Waals surface area (Å²) in [6, 6.07) is 11.5. The van der Waals surface area contributed by atoms with Gasteiger partial charge in [-0.15, -0.1) is 10.2 Å². The molecule has 0 bridgehead atoms. The molecule has 0 unspecified atom stereocenters. The summed E-state index contributed by atoms with van der Waals surface area (Å²) < 4.78 is 5.91. The standard InChI is InChI=1S/C19H17BrN6O4S/c1-30-14-4-2-3-11(17(14)28)10-21-24-15(27)9-16-25-26-19(31-16)23-18(29)22-13-7-5-12(20)6-8-13/h2-8,10,28H,9H2,1H3,(H,24,27)(H2,22,23,26,29)/b21-10-. The Kier molecular flexibility index (Phi) is 7.51. The molecule has 0 fully saturated rings. The highest BCUT2D eigenvalue weighted by atomic mass is 79.9. The molecule has 3 amide bonds. The van der Waals surface area contributed by atoms with E-state index in [1.165, 1.54) is 13.3 Å². The number of aromatic nitrogens is 2. The molecule has 10 nitrogen and oxygen atoms in total. The summed E-state index contributed by atoms with van der Waals surface area (Å²) in [4.78, 5) is 24.1. The summed E-state index contributed by atoms with van der Waals surface area (Å²) in [5, 5.41) is 27.4. The fraction of sp³-hybridized carbons (Fsp3) is 0.105. The Balaban J connectivity index is 1.49. The highest BCUT2D eigenvalue weighted by Crippen LogP contribution is 2.27. The van der Waals surface area contributed by atoms with Gasteiger partial charge >= 0.3 is 6.03 Å². The third-order valence-corrected chi connectivity index (χ3v) is 5.11. The zero-order chi connectivity index (χ0) is 22.2. The first-order chi connectivity index (χ1) is 14.9. The lowest BCUT2D eigenvalue weighted by Crippen LogP contribution is -2.19. The van der Waals surface area contributed by atoms with Crippen LogP contribution in [-0.4, -0.2) is 40.6 Å². The largest absolute Gasteiger partial charge is 0.504 e. The van der Waals surface area contributed by atoms with Gasteiger partial charge < -0.3 is 15.2 Å². The smallest absolute Gasteiger partial charge is 0.325 e. The zero-order valence-electron chi connectivity index (χ0n) is 16.1. The Morgan fingerprint density at radius 2 is 1.97 bits per heavy atom. The number of nitrogens with zero attached hydrogens (tertiary/aromatic N) is 3. The van der Waals surface area contributed by atoms with Crippen molar-refractivity contribution in [2.24, 2.45) is 5.10 Å². The first-order valence-corrected chi connectivity index (χ1v) is 10.4. The second-order valence-electron chi connectivity index (χ2n) is 5.96. The van der Waals surface area contributed by atoms with Crippen LogP contribution in [0.2, 0.25) is 0 Å². The number of methoxy groups -OCH3 is 1. The molecule has 31 heavy (non-hydrogen) atoms. The van der Waals surface area contributed by atoms with Crippen molar-refractivity contribution in [1.29, 1.82) is 0 Å². The minimum atomic E-state index is -0.475. The maximum Gasteiger partial charge on any atom is 0.325 e. The summed E-state index contributed by atoms with van der Waals surface area (Å²) >= 11 is 4.39. The Hall–Kier alpha value is -3.51. The number of para-hydroxylation sites is 1. The lowest BCUT2D eigenvalue weighted by Gasteiger charge is -2.05. The van der Waals surface area contributed by atoms with E-state index in [2.05, 4.69) is 47.3 Å². The fourth-order valence-electron chi connectivity index (χ4n) is 2.33. The van der Waals surface area contributed by atoms with Crippen molar-refractivity contribution in [3.63, 3.8) is 0 Å². The monoisotopic (exact) mass is 504 g/mol. The summed E-state index contributed by atoms with van der Waals surface area (Å²) in [5.41, 5.74) is 3.35. The average molecular weight is 505 g/mol. The van der Waals surface area contributed by atoms with Gasteiger partial charge in [-0.25, -0.2) is 10.2 Å². The van der Waals surface area contributed by atoms with Crippen molar-refractivity contribution in [2.45, 2.75) is 6.42 Å². The van der Waals surface area contributed by atoms with Gasteiger partial charge in [0, 0.05) is 15.7 Å². The van der Waals surface area contributed by atoms with Crippen molar-refractivity contribution in [3.8, 4) is 11.5 Å². The first-order valence-electron chi connectivity index (χ1n) is 8.78. The van der Waals surface area contributed by atoms with Gasteiger partial charge in [0.05, 0.1) is 19.7 Å². The van der Waals surface area contributed by atoms with E-state index in [1.807, 2.05) is 0 Å². The molecule has 3 aromatic rings. The molecule has 1 heterocycles. The molecule has 0 aliphatic rings. The Bertz CT molecular complexity index is 1100. The van der Waals surface area contributed by atoms with Crippen LogP contribution in [-0.2, 0) is 11.2 Å². The predicted molar refractivity (Wildman–Crippen MR) is 121 cm³/mol. The van der Waals surface area contributed by atoms with E-state index in [0.717, 1.165) is 15.8 Å². The number of rotatable bonds is 7. The fourth-order valence-corrected chi connectivity index (χ4v) is 3.32. The minimum absolute atomic E-state index is 0.0743. The van der Waals surface area contributed by atoms with Crippen LogP contribution < -0.4 is 20.8 Å². The molecule has 0 aliphatic heterocycles. The molecule has 160 valence electrons. The minimum Gasteiger partial charge on any atom is -0.504 e. The molecule has 1 aromatic heterocycles. The molecule has 0 saturated heterocycles. The lowest BCUT2D eigenvalue weighted by molar-refractivity contribution is -0.120. The van der Waals surface area contributed by atoms with Gasteiger partial charge in [-0.3, -0.25) is 10.1 Å². The Morgan fingerprint density at radius 1 is 1.19 bits per heavy atom. The number of ether oxygens (including phenoxy) is 1. The second kappa shape index (κ2) is 10.5. The van der Waals surface area contributed by atoms with Crippen molar-refractivity contribution in [1.82, 2.24) is 15.6 Å². The Morgan fingerprint density at radius 3 is 2.71 bits per heavy atom. The molecule has 0 aliphatic carbocycles. The number of carbonyl (C=O) groups excluding carboxylic acids is 2. The van der Waals surface area contributed by atoms with Gasteiger partial charge in [-0.2, -0.15) is 5.10 Å². The molecule has 0 radical (unpaired) electrons. The summed E-state index contributed by atoms with van der Waals surface area (Å²) in [6.07, 6.45) is 1.23. The molecule has 3 rings (SSSR count). The van der Waals surface area contributed by atoms with E-state index < -0.39 is 11.9 Å². The highest BCUT2D eigenvalue weighted by molar-refractivity contribution is 9.10. The summed E-state index contributed by atoms with van der Waals surface area (Å²) in [7, 11) is 1.44. The van der Waals surface area contributed by atoms with Crippen LogP contribution in [0, 0.1) is 0 Å². The van der Waals surface area contributed by atoms with E-state index >= 15 is 0 Å². The lowest BCUT2D eigenvalue weighted by atomic mass is 10.2. The average Bonchev–Trinajstić information content (AvgIpc) is 3.17. The van der Waals surface area contributed by atoms with Gasteiger partial charge in [0.15, 0.2) is 11.5 Å². The number of halogens is 1. The number of nitrogens with one attached hydrogen (secondary N) is 3. The number of aromatic hydroxyl groups is 1. The van der Waals surface area contributed by atoms with Crippen LogP contribution in [0.25, 0.3) is 0 Å². The van der Waals surface area contributed by atoms with Crippen molar-refractivity contribution in [3.05, 3.63) is 57.5 Å². The van der Waals surface area contributed by atoms with E-state index in [9.17, 15) is 14.7 Å². The molecule has 0 spiro atoms. The number of urea groups is 1. The number of carbonyl (C=O) groups is 2. The highest BCUT2D eigenvalue weighted by Gasteiger charge is 2.12. The number of anilines is 2. The van der Waals surface area contributed by atoms with Crippen molar-refractivity contribution < 1.29 is 19.4 Å². The summed E-state index contributed by atoms with van der Waals surface area (Å²) in [6.45, 7) is 0. The number of hydrazone groups is 1. The number of hydrogen-bond acceptors (Lipinski definition) is 8. The van der Waals surface area contributed by atoms with Crippen LogP contribution in [0.3, 0.4) is 0 Å². The first kappa shape index (κ1) is 22.2. The Labute approximate surface area is 189 Å². The van der Waals surface area contributed by atoms with Crippen LogP contribution in [0.4, 0.5) is 15.6 Å². The van der Waals surface area contributed by atoms with E-state index in [-0.39, 0.29) is 17.3 Å². The normalized spacial score (nSPS) is 10.6. The van der Waals surface area contributed by atoms with Crippen LogP contribution in [0.1, 0.15) is 10.6 Å². The molecule has 4 N–H and O–H groups in total. The van der Waals surface area contributed by atoms with E-state index in [0.29, 0.717) is 22.0 Å². The third kappa shape index (κ3) is 6.49. The quantitative estimate of drug-likeness (QED) is 0.287. The number of benzene rings is 2. The van der Waals surface area contributed by atoms with Gasteiger partial charge in [-0.05, 0) is 36.4 Å². The predicted octanol–water partition coefficient (Wildman–Crippen LogP) is 3.35. The van der Waals surface area contributed by atoms with E-state index in [1.54, 1.807) is 42.5 Å². The van der Waals surface area contributed by atoms with Gasteiger partial charge in [0.25, 0.3) is 0 Å². The second-order valence-corrected chi connectivity index (χ2v) is 7.93. The van der Waals surface area contributed by atoms with Gasteiger partial charge in [-0.1, -0.05) is 33.3 Å².